The molecule has 8 N–H and O–H groups in total. The molecule has 0 saturated carbocycles. The first-order valence-electron chi connectivity index (χ1n) is 8.82. The fraction of sp³-hybridized carbons (Fsp3) is 1.00. The molecule has 164 valence electrons. The zero-order valence-corrected chi connectivity index (χ0v) is 14.7. The van der Waals surface area contributed by atoms with E-state index in [1.165, 1.54) is 0 Å². The second-order valence-corrected chi connectivity index (χ2v) is 6.90. The van der Waals surface area contributed by atoms with Gasteiger partial charge in [-0.3, -0.25) is 0 Å². The maximum absolute atomic E-state index is 10.3. The number of hydrogen-bond acceptors (Lipinski definition) is 13. The number of hydrogen-bond donors (Lipinski definition) is 8. The molecule has 0 unspecified atom stereocenters. The molecule has 12 atom stereocenters. The first-order chi connectivity index (χ1) is 13.3. The Morgan fingerprint density at radius 1 is 0.679 bits per heavy atom. The molecule has 0 aliphatic carbocycles. The average molecular weight is 414 g/mol. The van der Waals surface area contributed by atoms with Gasteiger partial charge in [-0.2, -0.15) is 0 Å². The van der Waals surface area contributed by atoms with Crippen molar-refractivity contribution in [2.45, 2.75) is 73.8 Å². The Labute approximate surface area is 159 Å². The van der Waals surface area contributed by atoms with Crippen molar-refractivity contribution < 1.29 is 64.5 Å². The van der Waals surface area contributed by atoms with E-state index in [1.54, 1.807) is 0 Å². The van der Waals surface area contributed by atoms with Crippen LogP contribution in [0.1, 0.15) is 0 Å². The molecule has 3 saturated heterocycles. The van der Waals surface area contributed by atoms with Gasteiger partial charge in [-0.05, 0) is 0 Å². The van der Waals surface area contributed by atoms with Gasteiger partial charge in [-0.15, -0.1) is 0 Å². The van der Waals surface area contributed by atoms with Gasteiger partial charge in [0.1, 0.15) is 54.9 Å². The SMILES string of the molecule is OC[C@@H]1O[C@@H](O[C@H]2[C@H](O[C@H]3CO[C@@H](O)[C@H](O)[C@H]3O)O[C@@H](CO)[C@@H]2O)[C@H](O)[C@H]1O. The summed E-state index contributed by atoms with van der Waals surface area (Å²) in [6, 6.07) is 0. The summed E-state index contributed by atoms with van der Waals surface area (Å²) in [7, 11) is 0. The quantitative estimate of drug-likeness (QED) is 0.204. The number of rotatable bonds is 6. The van der Waals surface area contributed by atoms with Crippen molar-refractivity contribution >= 4 is 0 Å². The maximum atomic E-state index is 10.3. The van der Waals surface area contributed by atoms with Crippen molar-refractivity contribution in [2.24, 2.45) is 0 Å². The Morgan fingerprint density at radius 3 is 1.89 bits per heavy atom. The molecule has 0 radical (unpaired) electrons. The number of aliphatic hydroxyl groups is 8. The number of aliphatic hydroxyl groups excluding tert-OH is 8. The largest absolute Gasteiger partial charge is 0.394 e. The summed E-state index contributed by atoms with van der Waals surface area (Å²) in [5.74, 6) is 0. The van der Waals surface area contributed by atoms with Gasteiger partial charge in [0, 0.05) is 0 Å². The lowest BCUT2D eigenvalue weighted by Crippen LogP contribution is -2.55. The average Bonchev–Trinajstić information content (AvgIpc) is 3.13. The Balaban J connectivity index is 1.69. The van der Waals surface area contributed by atoms with Crippen molar-refractivity contribution in [2.75, 3.05) is 19.8 Å². The molecule has 3 fully saturated rings. The van der Waals surface area contributed by atoms with Gasteiger partial charge < -0.3 is 64.5 Å². The topological polar surface area (TPSA) is 208 Å². The molecule has 28 heavy (non-hydrogen) atoms. The van der Waals surface area contributed by atoms with Crippen molar-refractivity contribution in [3.05, 3.63) is 0 Å². The minimum Gasteiger partial charge on any atom is -0.394 e. The van der Waals surface area contributed by atoms with Gasteiger partial charge in [0.15, 0.2) is 18.9 Å². The highest BCUT2D eigenvalue weighted by Crippen LogP contribution is 2.32. The molecular weight excluding hydrogens is 388 g/mol. The van der Waals surface area contributed by atoms with E-state index in [0.717, 1.165) is 0 Å². The van der Waals surface area contributed by atoms with E-state index in [9.17, 15) is 35.7 Å². The van der Waals surface area contributed by atoms with Gasteiger partial charge in [0.2, 0.25) is 0 Å². The zero-order chi connectivity index (χ0) is 20.6. The fourth-order valence-corrected chi connectivity index (χ4v) is 3.31. The van der Waals surface area contributed by atoms with Crippen molar-refractivity contribution in [3.8, 4) is 0 Å². The van der Waals surface area contributed by atoms with Gasteiger partial charge in [0.25, 0.3) is 0 Å². The second-order valence-electron chi connectivity index (χ2n) is 6.90. The Hall–Kier alpha value is -0.520. The Kier molecular flexibility index (Phi) is 7.20. The van der Waals surface area contributed by atoms with Gasteiger partial charge in [-0.1, -0.05) is 0 Å². The van der Waals surface area contributed by atoms with Gasteiger partial charge in [-0.25, -0.2) is 0 Å². The predicted octanol–water partition coefficient (Wildman–Crippen LogP) is -5.66. The van der Waals surface area contributed by atoms with Crippen LogP contribution in [-0.2, 0) is 23.7 Å². The lowest BCUT2D eigenvalue weighted by atomic mass is 10.1. The van der Waals surface area contributed by atoms with E-state index in [-0.39, 0.29) is 6.61 Å². The molecule has 3 aliphatic heterocycles. The molecule has 0 aromatic rings. The normalized spacial score (nSPS) is 52.3. The third kappa shape index (κ3) is 4.17. The van der Waals surface area contributed by atoms with Gasteiger partial charge in [0.05, 0.1) is 19.8 Å². The molecule has 13 nitrogen and oxygen atoms in total. The third-order valence-electron chi connectivity index (χ3n) is 5.03. The van der Waals surface area contributed by atoms with Crippen LogP contribution < -0.4 is 0 Å². The molecule has 0 spiro atoms. The van der Waals surface area contributed by atoms with E-state index >= 15 is 0 Å². The van der Waals surface area contributed by atoms with E-state index in [4.69, 9.17) is 28.8 Å². The van der Waals surface area contributed by atoms with Crippen molar-refractivity contribution in [3.63, 3.8) is 0 Å². The predicted molar refractivity (Wildman–Crippen MR) is 83.2 cm³/mol. The van der Waals surface area contributed by atoms with Crippen LogP contribution in [0.25, 0.3) is 0 Å². The lowest BCUT2D eigenvalue weighted by Gasteiger charge is -2.37. The minimum atomic E-state index is -1.64. The molecule has 0 amide bonds. The van der Waals surface area contributed by atoms with Crippen molar-refractivity contribution in [1.29, 1.82) is 0 Å². The fourth-order valence-electron chi connectivity index (χ4n) is 3.31. The summed E-state index contributed by atoms with van der Waals surface area (Å²) in [6.07, 6.45) is -16.7. The highest BCUT2D eigenvalue weighted by Gasteiger charge is 2.52. The highest BCUT2D eigenvalue weighted by atomic mass is 16.8. The molecule has 3 heterocycles. The summed E-state index contributed by atoms with van der Waals surface area (Å²) in [5.41, 5.74) is 0. The van der Waals surface area contributed by atoms with E-state index in [1.807, 2.05) is 0 Å². The van der Waals surface area contributed by atoms with Crippen LogP contribution in [0.4, 0.5) is 0 Å². The van der Waals surface area contributed by atoms with Crippen LogP contribution in [-0.4, -0.2) is 134 Å². The summed E-state index contributed by atoms with van der Waals surface area (Å²) < 4.78 is 26.4. The molecular formula is C15H26O13. The van der Waals surface area contributed by atoms with Crippen LogP contribution in [0.2, 0.25) is 0 Å². The zero-order valence-electron chi connectivity index (χ0n) is 14.7. The van der Waals surface area contributed by atoms with Crippen LogP contribution in [0.15, 0.2) is 0 Å². The standard InChI is InChI=1S/C15H26O13/c16-1-4-7(18)11(22)14(25-4)28-12-9(20)5(2-17)26-15(12)27-6-3-24-13(23)10(21)8(6)19/h4-23H,1-3H2/t4-,5-,6-,7-,8-,9-,10+,11+,12+,13+,14-,15-/m0/s1. The van der Waals surface area contributed by atoms with E-state index in [0.29, 0.717) is 0 Å². The van der Waals surface area contributed by atoms with Crippen LogP contribution in [0.3, 0.4) is 0 Å². The Bertz CT molecular complexity index is 508. The molecule has 0 aromatic heterocycles. The first kappa shape index (κ1) is 22.2. The summed E-state index contributed by atoms with van der Waals surface area (Å²) >= 11 is 0. The minimum absolute atomic E-state index is 0.306. The molecule has 13 heteroatoms. The lowest BCUT2D eigenvalue weighted by molar-refractivity contribution is -0.304. The number of ether oxygens (including phenoxy) is 5. The highest BCUT2D eigenvalue weighted by molar-refractivity contribution is 4.93. The van der Waals surface area contributed by atoms with Crippen LogP contribution in [0.5, 0.6) is 0 Å². The van der Waals surface area contributed by atoms with Crippen LogP contribution in [0, 0.1) is 0 Å². The van der Waals surface area contributed by atoms with E-state index in [2.05, 4.69) is 0 Å². The third-order valence-corrected chi connectivity index (χ3v) is 5.03. The van der Waals surface area contributed by atoms with Crippen LogP contribution >= 0.6 is 0 Å². The Morgan fingerprint density at radius 2 is 1.29 bits per heavy atom. The maximum Gasteiger partial charge on any atom is 0.187 e. The van der Waals surface area contributed by atoms with E-state index < -0.39 is 87.0 Å². The second kappa shape index (κ2) is 9.09. The van der Waals surface area contributed by atoms with Gasteiger partial charge >= 0.3 is 0 Å². The smallest absolute Gasteiger partial charge is 0.187 e. The summed E-state index contributed by atoms with van der Waals surface area (Å²) in [6.45, 7) is -1.48. The molecule has 0 bridgehead atoms. The van der Waals surface area contributed by atoms with Crippen molar-refractivity contribution in [1.82, 2.24) is 0 Å². The molecule has 3 rings (SSSR count). The first-order valence-corrected chi connectivity index (χ1v) is 8.82. The summed E-state index contributed by atoms with van der Waals surface area (Å²) in [5, 5.41) is 77.7. The summed E-state index contributed by atoms with van der Waals surface area (Å²) in [4.78, 5) is 0. The molecule has 3 aliphatic rings. The molecule has 0 aromatic carbocycles. The monoisotopic (exact) mass is 414 g/mol.